The zero-order chi connectivity index (χ0) is 14.5. The van der Waals surface area contributed by atoms with Gasteiger partial charge in [0.1, 0.15) is 5.82 Å². The first kappa shape index (κ1) is 15.9. The molecule has 0 aliphatic carbocycles. The van der Waals surface area contributed by atoms with Crippen LogP contribution in [0, 0.1) is 5.82 Å². The van der Waals surface area contributed by atoms with Crippen LogP contribution in [0.4, 0.5) is 4.39 Å². The lowest BCUT2D eigenvalue weighted by Crippen LogP contribution is -2.45. The maximum absolute atomic E-state index is 13.6. The van der Waals surface area contributed by atoms with E-state index in [1.54, 1.807) is 6.07 Å². The standard InChI is InChI=1S/C16H24BrFN2/c1-12(2)20(11-14-7-3-4-9-19-14)10-13-6-5-8-15(18)16(13)17/h5-6,8,12,14,19H,3-4,7,9-11H2,1-2H3. The van der Waals surface area contributed by atoms with Crippen LogP contribution < -0.4 is 5.32 Å². The number of benzene rings is 1. The fraction of sp³-hybridized carbons (Fsp3) is 0.625. The first-order valence-corrected chi connectivity index (χ1v) is 8.27. The number of hydrogen-bond donors (Lipinski definition) is 1. The highest BCUT2D eigenvalue weighted by Crippen LogP contribution is 2.23. The van der Waals surface area contributed by atoms with Crippen LogP contribution >= 0.6 is 15.9 Å². The van der Waals surface area contributed by atoms with E-state index in [2.05, 4.69) is 40.0 Å². The van der Waals surface area contributed by atoms with Crippen LogP contribution in [0.5, 0.6) is 0 Å². The summed E-state index contributed by atoms with van der Waals surface area (Å²) >= 11 is 3.37. The maximum atomic E-state index is 13.6. The molecule has 1 aliphatic heterocycles. The summed E-state index contributed by atoms with van der Waals surface area (Å²) in [4.78, 5) is 2.42. The molecule has 112 valence electrons. The SMILES string of the molecule is CC(C)N(Cc1cccc(F)c1Br)CC1CCCCN1. The van der Waals surface area contributed by atoms with Crippen molar-refractivity contribution in [1.82, 2.24) is 10.2 Å². The van der Waals surface area contributed by atoms with Crippen LogP contribution in [0.15, 0.2) is 22.7 Å². The molecule has 1 fully saturated rings. The Morgan fingerprint density at radius 2 is 2.20 bits per heavy atom. The van der Waals surface area contributed by atoms with Crippen molar-refractivity contribution in [3.63, 3.8) is 0 Å². The molecule has 1 heterocycles. The van der Waals surface area contributed by atoms with E-state index in [9.17, 15) is 4.39 Å². The monoisotopic (exact) mass is 342 g/mol. The molecule has 0 radical (unpaired) electrons. The molecule has 0 saturated carbocycles. The van der Waals surface area contributed by atoms with E-state index in [4.69, 9.17) is 0 Å². The minimum absolute atomic E-state index is 0.179. The molecule has 0 spiro atoms. The molecule has 2 rings (SSSR count). The first-order valence-electron chi connectivity index (χ1n) is 7.48. The zero-order valence-electron chi connectivity index (χ0n) is 12.3. The van der Waals surface area contributed by atoms with E-state index in [-0.39, 0.29) is 5.82 Å². The Morgan fingerprint density at radius 1 is 1.40 bits per heavy atom. The summed E-state index contributed by atoms with van der Waals surface area (Å²) in [6, 6.07) is 6.30. The van der Waals surface area contributed by atoms with Gasteiger partial charge in [-0.1, -0.05) is 18.6 Å². The Bertz CT molecular complexity index is 430. The molecule has 1 atom stereocenters. The Hall–Kier alpha value is -0.450. The van der Waals surface area contributed by atoms with Gasteiger partial charge < -0.3 is 5.32 Å². The highest BCUT2D eigenvalue weighted by Gasteiger charge is 2.19. The summed E-state index contributed by atoms with van der Waals surface area (Å²) in [5.74, 6) is -0.179. The largest absolute Gasteiger partial charge is 0.313 e. The van der Waals surface area contributed by atoms with Crippen molar-refractivity contribution in [2.45, 2.75) is 51.7 Å². The number of rotatable bonds is 5. The van der Waals surface area contributed by atoms with E-state index in [1.807, 2.05) is 6.07 Å². The zero-order valence-corrected chi connectivity index (χ0v) is 13.9. The van der Waals surface area contributed by atoms with E-state index >= 15 is 0 Å². The van der Waals surface area contributed by atoms with Crippen molar-refractivity contribution in [1.29, 1.82) is 0 Å². The predicted molar refractivity (Wildman–Crippen MR) is 85.3 cm³/mol. The van der Waals surface area contributed by atoms with Gasteiger partial charge in [-0.15, -0.1) is 0 Å². The third kappa shape index (κ3) is 4.27. The number of hydrogen-bond acceptors (Lipinski definition) is 2. The summed E-state index contributed by atoms with van der Waals surface area (Å²) < 4.78 is 14.2. The van der Waals surface area contributed by atoms with Gasteiger partial charge in [0.25, 0.3) is 0 Å². The lowest BCUT2D eigenvalue weighted by Gasteiger charge is -2.33. The molecule has 0 amide bonds. The molecule has 4 heteroatoms. The lowest BCUT2D eigenvalue weighted by molar-refractivity contribution is 0.176. The Balaban J connectivity index is 2.03. The molecule has 1 aromatic rings. The van der Waals surface area contributed by atoms with Gasteiger partial charge in [0.2, 0.25) is 0 Å². The van der Waals surface area contributed by atoms with Crippen LogP contribution in [-0.2, 0) is 6.54 Å². The average molecular weight is 343 g/mol. The van der Waals surface area contributed by atoms with E-state index in [1.165, 1.54) is 25.3 Å². The van der Waals surface area contributed by atoms with Crippen molar-refractivity contribution in [2.75, 3.05) is 13.1 Å². The molecular weight excluding hydrogens is 319 g/mol. The summed E-state index contributed by atoms with van der Waals surface area (Å²) in [6.07, 6.45) is 3.84. The van der Waals surface area contributed by atoms with Crippen molar-refractivity contribution in [2.24, 2.45) is 0 Å². The van der Waals surface area contributed by atoms with Crippen LogP contribution in [0.3, 0.4) is 0 Å². The number of nitrogens with one attached hydrogen (secondary N) is 1. The second kappa shape index (κ2) is 7.53. The molecule has 1 aromatic carbocycles. The molecule has 20 heavy (non-hydrogen) atoms. The third-order valence-corrected chi connectivity index (χ3v) is 4.89. The molecule has 1 aliphatic rings. The minimum atomic E-state index is -0.179. The van der Waals surface area contributed by atoms with Gasteiger partial charge in [-0.25, -0.2) is 4.39 Å². The molecule has 1 saturated heterocycles. The van der Waals surface area contributed by atoms with Gasteiger partial charge in [0.05, 0.1) is 4.47 Å². The molecular formula is C16H24BrFN2. The van der Waals surface area contributed by atoms with E-state index in [0.717, 1.165) is 25.2 Å². The molecule has 0 bridgehead atoms. The van der Waals surface area contributed by atoms with Crippen LogP contribution in [0.2, 0.25) is 0 Å². The van der Waals surface area contributed by atoms with Gasteiger partial charge in [-0.3, -0.25) is 4.90 Å². The molecule has 2 nitrogen and oxygen atoms in total. The smallest absolute Gasteiger partial charge is 0.137 e. The normalized spacial score (nSPS) is 19.8. The highest BCUT2D eigenvalue weighted by atomic mass is 79.9. The molecule has 1 N–H and O–H groups in total. The third-order valence-electron chi connectivity index (χ3n) is 4.00. The number of halogens is 2. The fourth-order valence-electron chi connectivity index (χ4n) is 2.71. The summed E-state index contributed by atoms with van der Waals surface area (Å²) in [5, 5.41) is 3.59. The van der Waals surface area contributed by atoms with Crippen molar-refractivity contribution >= 4 is 15.9 Å². The van der Waals surface area contributed by atoms with Gasteiger partial charge in [-0.05, 0) is 60.8 Å². The molecule has 0 aromatic heterocycles. The van der Waals surface area contributed by atoms with Gasteiger partial charge >= 0.3 is 0 Å². The Kier molecular flexibility index (Phi) is 6.00. The lowest BCUT2D eigenvalue weighted by atomic mass is 10.0. The van der Waals surface area contributed by atoms with E-state index < -0.39 is 0 Å². The van der Waals surface area contributed by atoms with Crippen LogP contribution in [0.1, 0.15) is 38.7 Å². The van der Waals surface area contributed by atoms with Gasteiger partial charge in [0.15, 0.2) is 0 Å². The van der Waals surface area contributed by atoms with Crippen molar-refractivity contribution in [3.05, 3.63) is 34.1 Å². The predicted octanol–water partition coefficient (Wildman–Crippen LogP) is 3.94. The van der Waals surface area contributed by atoms with Crippen LogP contribution in [0.25, 0.3) is 0 Å². The minimum Gasteiger partial charge on any atom is -0.313 e. The summed E-state index contributed by atoms with van der Waals surface area (Å²) in [5.41, 5.74) is 1.02. The topological polar surface area (TPSA) is 15.3 Å². The fourth-order valence-corrected chi connectivity index (χ4v) is 3.10. The highest BCUT2D eigenvalue weighted by molar-refractivity contribution is 9.10. The second-order valence-electron chi connectivity index (χ2n) is 5.88. The molecule has 1 unspecified atom stereocenters. The van der Waals surface area contributed by atoms with Gasteiger partial charge in [0, 0.05) is 25.2 Å². The second-order valence-corrected chi connectivity index (χ2v) is 6.68. The first-order chi connectivity index (χ1) is 9.58. The number of nitrogens with zero attached hydrogens (tertiary/aromatic N) is 1. The Labute approximate surface area is 129 Å². The van der Waals surface area contributed by atoms with Crippen molar-refractivity contribution < 1.29 is 4.39 Å². The summed E-state index contributed by atoms with van der Waals surface area (Å²) in [7, 11) is 0. The average Bonchev–Trinajstić information content (AvgIpc) is 2.44. The number of piperidine rings is 1. The maximum Gasteiger partial charge on any atom is 0.137 e. The van der Waals surface area contributed by atoms with Crippen LogP contribution in [-0.4, -0.2) is 30.1 Å². The quantitative estimate of drug-likeness (QED) is 0.871. The summed E-state index contributed by atoms with van der Waals surface area (Å²) in [6.45, 7) is 7.35. The van der Waals surface area contributed by atoms with Crippen molar-refractivity contribution in [3.8, 4) is 0 Å². The van der Waals surface area contributed by atoms with Gasteiger partial charge in [-0.2, -0.15) is 0 Å². The van der Waals surface area contributed by atoms with E-state index in [0.29, 0.717) is 16.6 Å². The Morgan fingerprint density at radius 3 is 2.85 bits per heavy atom.